The van der Waals surface area contributed by atoms with E-state index in [-0.39, 0.29) is 0 Å². The van der Waals surface area contributed by atoms with Gasteiger partial charge in [-0.15, -0.1) is 9.24 Å². The Hall–Kier alpha value is 0.780. The van der Waals surface area contributed by atoms with Gasteiger partial charge in [0.1, 0.15) is 0 Å². The molecule has 0 amide bonds. The SMILES string of the molecule is CCCCSCP. The molecule has 0 aliphatic rings. The molecule has 0 aliphatic carbocycles. The lowest BCUT2D eigenvalue weighted by Crippen LogP contribution is -1.74. The average molecular weight is 136 g/mol. The van der Waals surface area contributed by atoms with E-state index in [1.54, 1.807) is 0 Å². The van der Waals surface area contributed by atoms with Crippen LogP contribution in [0.4, 0.5) is 0 Å². The van der Waals surface area contributed by atoms with E-state index in [9.17, 15) is 0 Å². The van der Waals surface area contributed by atoms with E-state index in [1.807, 2.05) is 11.8 Å². The zero-order valence-corrected chi connectivity index (χ0v) is 6.79. The summed E-state index contributed by atoms with van der Waals surface area (Å²) in [4.78, 5) is 0. The molecule has 0 radical (unpaired) electrons. The normalized spacial score (nSPS) is 9.43. The Bertz CT molecular complexity index is 27.3. The zero-order valence-electron chi connectivity index (χ0n) is 4.81. The van der Waals surface area contributed by atoms with Gasteiger partial charge < -0.3 is 0 Å². The number of thioether (sulfide) groups is 1. The lowest BCUT2D eigenvalue weighted by molar-refractivity contribution is 0.897. The topological polar surface area (TPSA) is 0 Å². The summed E-state index contributed by atoms with van der Waals surface area (Å²) < 4.78 is 0. The van der Waals surface area contributed by atoms with Crippen LogP contribution < -0.4 is 0 Å². The first-order chi connectivity index (χ1) is 3.41. The smallest absolute Gasteiger partial charge is 0.00788 e. The lowest BCUT2D eigenvalue weighted by Gasteiger charge is -1.91. The summed E-state index contributed by atoms with van der Waals surface area (Å²) in [5.74, 6) is 1.33. The second-order valence-electron chi connectivity index (χ2n) is 1.43. The Morgan fingerprint density at radius 3 is 2.71 bits per heavy atom. The molecule has 0 bridgehead atoms. The van der Waals surface area contributed by atoms with Crippen LogP contribution in [0.5, 0.6) is 0 Å². The van der Waals surface area contributed by atoms with E-state index < -0.39 is 0 Å². The maximum Gasteiger partial charge on any atom is 0.00788 e. The van der Waals surface area contributed by atoms with Crippen molar-refractivity contribution in [1.29, 1.82) is 0 Å². The van der Waals surface area contributed by atoms with Gasteiger partial charge in [-0.25, -0.2) is 0 Å². The van der Waals surface area contributed by atoms with Gasteiger partial charge in [-0.05, 0) is 12.2 Å². The largest absolute Gasteiger partial charge is 0.158 e. The molecule has 0 aromatic rings. The van der Waals surface area contributed by atoms with Gasteiger partial charge in [-0.2, -0.15) is 11.8 Å². The van der Waals surface area contributed by atoms with Crippen molar-refractivity contribution in [1.82, 2.24) is 0 Å². The minimum Gasteiger partial charge on any atom is -0.158 e. The molecular formula is C5H13PS. The van der Waals surface area contributed by atoms with Crippen molar-refractivity contribution in [2.45, 2.75) is 19.8 Å². The van der Waals surface area contributed by atoms with E-state index in [2.05, 4.69) is 16.2 Å². The third-order valence-corrected chi connectivity index (χ3v) is 2.28. The fourth-order valence-corrected chi connectivity index (χ4v) is 1.49. The summed E-state index contributed by atoms with van der Waals surface area (Å²) in [6.07, 6.45) is 2.71. The van der Waals surface area contributed by atoms with Crippen LogP contribution in [0, 0.1) is 0 Å². The van der Waals surface area contributed by atoms with E-state index >= 15 is 0 Å². The quantitative estimate of drug-likeness (QED) is 0.422. The Balaban J connectivity index is 2.45. The van der Waals surface area contributed by atoms with Crippen LogP contribution >= 0.6 is 21.0 Å². The highest BCUT2D eigenvalue weighted by Gasteiger charge is 1.79. The monoisotopic (exact) mass is 136 g/mol. The summed E-state index contributed by atoms with van der Waals surface area (Å²) in [6.45, 7) is 2.23. The molecule has 0 nitrogen and oxygen atoms in total. The Morgan fingerprint density at radius 1 is 1.57 bits per heavy atom. The molecule has 1 atom stereocenters. The van der Waals surface area contributed by atoms with Crippen LogP contribution in [-0.4, -0.2) is 11.2 Å². The Kier molecular flexibility index (Phi) is 7.54. The molecule has 0 heterocycles. The van der Waals surface area contributed by atoms with Gasteiger partial charge in [-0.1, -0.05) is 13.3 Å². The Labute approximate surface area is 52.7 Å². The fourth-order valence-electron chi connectivity index (χ4n) is 0.330. The maximum absolute atomic E-state index is 2.71. The van der Waals surface area contributed by atoms with Crippen molar-refractivity contribution < 1.29 is 0 Å². The molecule has 0 fully saturated rings. The lowest BCUT2D eigenvalue weighted by atomic mass is 10.4. The molecule has 0 N–H and O–H groups in total. The minimum atomic E-state index is 1.19. The zero-order chi connectivity index (χ0) is 5.54. The number of rotatable bonds is 4. The molecule has 0 saturated heterocycles. The van der Waals surface area contributed by atoms with Crippen molar-refractivity contribution in [3.8, 4) is 0 Å². The second-order valence-corrected chi connectivity index (χ2v) is 3.58. The first kappa shape index (κ1) is 7.78. The number of hydrogen-bond donors (Lipinski definition) is 0. The minimum absolute atomic E-state index is 1.19. The first-order valence-corrected chi connectivity index (χ1v) is 4.66. The Morgan fingerprint density at radius 2 is 2.29 bits per heavy atom. The van der Waals surface area contributed by atoms with Crippen molar-refractivity contribution >= 4 is 21.0 Å². The van der Waals surface area contributed by atoms with Gasteiger partial charge in [-0.3, -0.25) is 0 Å². The van der Waals surface area contributed by atoms with Crippen molar-refractivity contribution in [3.05, 3.63) is 0 Å². The molecule has 2 heteroatoms. The van der Waals surface area contributed by atoms with E-state index in [0.717, 1.165) is 0 Å². The maximum atomic E-state index is 2.71. The molecular weight excluding hydrogens is 123 g/mol. The summed E-state index contributed by atoms with van der Waals surface area (Å²) in [5.41, 5.74) is 1.19. The summed E-state index contributed by atoms with van der Waals surface area (Å²) in [5, 5.41) is 0. The van der Waals surface area contributed by atoms with Crippen LogP contribution in [0.25, 0.3) is 0 Å². The number of hydrogen-bond acceptors (Lipinski definition) is 1. The predicted molar refractivity (Wildman–Crippen MR) is 41.9 cm³/mol. The van der Waals surface area contributed by atoms with Gasteiger partial charge >= 0.3 is 0 Å². The van der Waals surface area contributed by atoms with Gasteiger partial charge in [0.2, 0.25) is 0 Å². The average Bonchev–Trinajstić information content (AvgIpc) is 1.69. The molecule has 0 aliphatic heterocycles. The van der Waals surface area contributed by atoms with Crippen LogP contribution in [0.2, 0.25) is 0 Å². The van der Waals surface area contributed by atoms with Crippen LogP contribution in [0.15, 0.2) is 0 Å². The van der Waals surface area contributed by atoms with E-state index in [0.29, 0.717) is 0 Å². The van der Waals surface area contributed by atoms with E-state index in [1.165, 1.54) is 24.1 Å². The third kappa shape index (κ3) is 6.78. The van der Waals surface area contributed by atoms with Crippen molar-refractivity contribution in [2.75, 3.05) is 11.2 Å². The fraction of sp³-hybridized carbons (Fsp3) is 1.00. The molecule has 0 spiro atoms. The summed E-state index contributed by atoms with van der Waals surface area (Å²) >= 11 is 2.00. The van der Waals surface area contributed by atoms with Gasteiger partial charge in [0, 0.05) is 5.49 Å². The molecule has 7 heavy (non-hydrogen) atoms. The summed E-state index contributed by atoms with van der Waals surface area (Å²) in [7, 11) is 2.71. The standard InChI is InChI=1S/C5H13PS/c1-2-3-4-7-5-6/h2-6H2,1H3. The molecule has 0 rings (SSSR count). The summed E-state index contributed by atoms with van der Waals surface area (Å²) in [6, 6.07) is 0. The van der Waals surface area contributed by atoms with Gasteiger partial charge in [0.25, 0.3) is 0 Å². The predicted octanol–water partition coefficient (Wildman–Crippen LogP) is 2.35. The van der Waals surface area contributed by atoms with Crippen molar-refractivity contribution in [3.63, 3.8) is 0 Å². The highest BCUT2D eigenvalue weighted by molar-refractivity contribution is 8.02. The molecule has 1 unspecified atom stereocenters. The molecule has 0 aromatic carbocycles. The first-order valence-electron chi connectivity index (χ1n) is 2.69. The molecule has 0 saturated carbocycles. The van der Waals surface area contributed by atoms with Crippen LogP contribution in [-0.2, 0) is 0 Å². The highest BCUT2D eigenvalue weighted by atomic mass is 32.2. The van der Waals surface area contributed by atoms with Gasteiger partial charge in [0.15, 0.2) is 0 Å². The van der Waals surface area contributed by atoms with Crippen LogP contribution in [0.3, 0.4) is 0 Å². The molecule has 44 valence electrons. The second kappa shape index (κ2) is 6.78. The van der Waals surface area contributed by atoms with Crippen LogP contribution in [0.1, 0.15) is 19.8 Å². The number of unbranched alkanes of at least 4 members (excludes halogenated alkanes) is 1. The molecule has 0 aromatic heterocycles. The van der Waals surface area contributed by atoms with E-state index in [4.69, 9.17) is 0 Å². The highest BCUT2D eigenvalue weighted by Crippen LogP contribution is 2.06. The van der Waals surface area contributed by atoms with Crippen molar-refractivity contribution in [2.24, 2.45) is 0 Å². The van der Waals surface area contributed by atoms with Gasteiger partial charge in [0.05, 0.1) is 0 Å². The third-order valence-electron chi connectivity index (χ3n) is 0.760.